The second-order valence-corrected chi connectivity index (χ2v) is 6.81. The average molecular weight is 372 g/mol. The third-order valence-corrected chi connectivity index (χ3v) is 4.76. The standard InChI is InChI=1S/C18H24N6O3/c1-20(12-15-11-19-21(2)13-15)18(25)14-22-7-9-23(10-8-22)16-3-5-17(6-4-16)24(26)27/h3-6,11,13H,7-10,12,14H2,1-2H3. The van der Waals surface area contributed by atoms with Crippen LogP contribution in [0.2, 0.25) is 0 Å². The molecule has 0 saturated carbocycles. The molecular formula is C18H24N6O3. The average Bonchev–Trinajstić information content (AvgIpc) is 3.07. The summed E-state index contributed by atoms with van der Waals surface area (Å²) in [5, 5.41) is 14.9. The van der Waals surface area contributed by atoms with E-state index in [-0.39, 0.29) is 11.6 Å². The fourth-order valence-electron chi connectivity index (χ4n) is 3.18. The number of nitro groups is 1. The largest absolute Gasteiger partial charge is 0.369 e. The molecule has 2 heterocycles. The van der Waals surface area contributed by atoms with E-state index >= 15 is 0 Å². The lowest BCUT2D eigenvalue weighted by atomic mass is 10.2. The molecule has 1 amide bonds. The van der Waals surface area contributed by atoms with Crippen molar-refractivity contribution in [2.75, 3.05) is 44.7 Å². The topological polar surface area (TPSA) is 87.8 Å². The van der Waals surface area contributed by atoms with Crippen LogP contribution in [-0.4, -0.2) is 70.2 Å². The summed E-state index contributed by atoms with van der Waals surface area (Å²) in [5.74, 6) is 0.0858. The number of rotatable bonds is 6. The number of piperazine rings is 1. The van der Waals surface area contributed by atoms with Gasteiger partial charge in [-0.1, -0.05) is 0 Å². The number of likely N-dealkylation sites (N-methyl/N-ethyl adjacent to an activating group) is 1. The molecule has 3 rings (SSSR count). The highest BCUT2D eigenvalue weighted by Gasteiger charge is 2.21. The number of benzene rings is 1. The zero-order chi connectivity index (χ0) is 19.4. The number of anilines is 1. The Bertz CT molecular complexity index is 796. The van der Waals surface area contributed by atoms with E-state index in [9.17, 15) is 14.9 Å². The van der Waals surface area contributed by atoms with Crippen molar-refractivity contribution in [3.63, 3.8) is 0 Å². The SMILES string of the molecule is CN(Cc1cnn(C)c1)C(=O)CN1CCN(c2ccc([N+](=O)[O-])cc2)CC1. The van der Waals surface area contributed by atoms with Crippen LogP contribution in [0.25, 0.3) is 0 Å². The van der Waals surface area contributed by atoms with E-state index in [0.29, 0.717) is 13.1 Å². The van der Waals surface area contributed by atoms with Gasteiger partial charge in [-0.05, 0) is 12.1 Å². The number of carbonyl (C=O) groups excluding carboxylic acids is 1. The summed E-state index contributed by atoms with van der Waals surface area (Å²) in [7, 11) is 3.66. The Morgan fingerprint density at radius 2 is 1.89 bits per heavy atom. The van der Waals surface area contributed by atoms with Crippen LogP contribution in [0.1, 0.15) is 5.56 Å². The number of aryl methyl sites for hydroxylation is 1. The molecule has 27 heavy (non-hydrogen) atoms. The van der Waals surface area contributed by atoms with Crippen molar-refractivity contribution in [1.29, 1.82) is 0 Å². The summed E-state index contributed by atoms with van der Waals surface area (Å²) in [6, 6.07) is 6.61. The molecule has 0 unspecified atom stereocenters. The molecule has 0 radical (unpaired) electrons. The Morgan fingerprint density at radius 3 is 2.44 bits per heavy atom. The van der Waals surface area contributed by atoms with Crippen LogP contribution in [-0.2, 0) is 18.4 Å². The molecule has 9 heteroatoms. The Morgan fingerprint density at radius 1 is 1.22 bits per heavy atom. The molecule has 0 spiro atoms. The van der Waals surface area contributed by atoms with Crippen LogP contribution in [0.15, 0.2) is 36.7 Å². The van der Waals surface area contributed by atoms with Crippen molar-refractivity contribution in [1.82, 2.24) is 19.6 Å². The monoisotopic (exact) mass is 372 g/mol. The van der Waals surface area contributed by atoms with E-state index in [1.165, 1.54) is 12.1 Å². The van der Waals surface area contributed by atoms with Crippen molar-refractivity contribution in [2.45, 2.75) is 6.54 Å². The summed E-state index contributed by atoms with van der Waals surface area (Å²) >= 11 is 0. The minimum absolute atomic E-state index is 0.0858. The van der Waals surface area contributed by atoms with E-state index in [1.807, 2.05) is 20.3 Å². The second-order valence-electron chi connectivity index (χ2n) is 6.81. The fourth-order valence-corrected chi connectivity index (χ4v) is 3.18. The number of hydrogen-bond donors (Lipinski definition) is 0. The van der Waals surface area contributed by atoms with Crippen LogP contribution < -0.4 is 4.90 Å². The zero-order valence-electron chi connectivity index (χ0n) is 15.6. The molecule has 0 N–H and O–H groups in total. The number of nitro benzene ring substituents is 1. The first-order valence-electron chi connectivity index (χ1n) is 8.85. The molecule has 0 atom stereocenters. The number of aromatic nitrogens is 2. The van der Waals surface area contributed by atoms with Gasteiger partial charge in [0.1, 0.15) is 0 Å². The van der Waals surface area contributed by atoms with Crippen molar-refractivity contribution < 1.29 is 9.72 Å². The molecule has 1 saturated heterocycles. The Balaban J connectivity index is 1.47. The van der Waals surface area contributed by atoms with Gasteiger partial charge in [0.2, 0.25) is 5.91 Å². The number of nitrogens with zero attached hydrogens (tertiary/aromatic N) is 6. The summed E-state index contributed by atoms with van der Waals surface area (Å²) < 4.78 is 1.73. The highest BCUT2D eigenvalue weighted by atomic mass is 16.6. The Kier molecular flexibility index (Phi) is 5.70. The van der Waals surface area contributed by atoms with Crippen molar-refractivity contribution >= 4 is 17.3 Å². The minimum Gasteiger partial charge on any atom is -0.369 e. The summed E-state index contributed by atoms with van der Waals surface area (Å²) in [5.41, 5.74) is 2.08. The molecule has 1 aromatic heterocycles. The molecular weight excluding hydrogens is 348 g/mol. The lowest BCUT2D eigenvalue weighted by molar-refractivity contribution is -0.384. The molecule has 1 fully saturated rings. The number of carbonyl (C=O) groups is 1. The normalized spacial score (nSPS) is 15.0. The second kappa shape index (κ2) is 8.17. The molecule has 1 aliphatic heterocycles. The Hall–Kier alpha value is -2.94. The number of hydrogen-bond acceptors (Lipinski definition) is 6. The molecule has 1 aliphatic rings. The van der Waals surface area contributed by atoms with Crippen LogP contribution in [0.5, 0.6) is 0 Å². The molecule has 0 bridgehead atoms. The van der Waals surface area contributed by atoms with Gasteiger partial charge in [-0.2, -0.15) is 5.10 Å². The first-order chi connectivity index (χ1) is 12.9. The van der Waals surface area contributed by atoms with E-state index in [1.54, 1.807) is 27.9 Å². The minimum atomic E-state index is -0.394. The highest BCUT2D eigenvalue weighted by molar-refractivity contribution is 5.78. The summed E-state index contributed by atoms with van der Waals surface area (Å²) in [4.78, 5) is 28.9. The van der Waals surface area contributed by atoms with E-state index < -0.39 is 4.92 Å². The van der Waals surface area contributed by atoms with Gasteiger partial charge in [0.05, 0.1) is 17.7 Å². The smallest absolute Gasteiger partial charge is 0.269 e. The van der Waals surface area contributed by atoms with Crippen LogP contribution in [0.3, 0.4) is 0 Å². The molecule has 9 nitrogen and oxygen atoms in total. The van der Waals surface area contributed by atoms with Crippen molar-refractivity contribution in [3.8, 4) is 0 Å². The lowest BCUT2D eigenvalue weighted by Crippen LogP contribution is -2.49. The van der Waals surface area contributed by atoms with Crippen LogP contribution in [0.4, 0.5) is 11.4 Å². The molecule has 1 aromatic carbocycles. The molecule has 144 valence electrons. The maximum atomic E-state index is 12.5. The number of non-ortho nitro benzene ring substituents is 1. The third kappa shape index (κ3) is 4.82. The van der Waals surface area contributed by atoms with Crippen molar-refractivity contribution in [2.24, 2.45) is 7.05 Å². The van der Waals surface area contributed by atoms with Gasteiger partial charge < -0.3 is 9.80 Å². The fraction of sp³-hybridized carbons (Fsp3) is 0.444. The third-order valence-electron chi connectivity index (χ3n) is 4.76. The Labute approximate surface area is 157 Å². The first kappa shape index (κ1) is 18.8. The zero-order valence-corrected chi connectivity index (χ0v) is 15.6. The van der Waals surface area contributed by atoms with Crippen LogP contribution in [0, 0.1) is 10.1 Å². The van der Waals surface area contributed by atoms with Gasteiger partial charge in [-0.3, -0.25) is 24.5 Å². The first-order valence-corrected chi connectivity index (χ1v) is 8.85. The van der Waals surface area contributed by atoms with E-state index in [4.69, 9.17) is 0 Å². The van der Waals surface area contributed by atoms with Gasteiger partial charge in [0.15, 0.2) is 0 Å². The highest BCUT2D eigenvalue weighted by Crippen LogP contribution is 2.20. The molecule has 0 aliphatic carbocycles. The number of amides is 1. The van der Waals surface area contributed by atoms with Gasteiger partial charge in [0.25, 0.3) is 5.69 Å². The molecule has 2 aromatic rings. The van der Waals surface area contributed by atoms with Gasteiger partial charge >= 0.3 is 0 Å². The summed E-state index contributed by atoms with van der Waals surface area (Å²) in [6.07, 6.45) is 3.68. The van der Waals surface area contributed by atoms with Gasteiger partial charge in [-0.15, -0.1) is 0 Å². The predicted molar refractivity (Wildman–Crippen MR) is 101 cm³/mol. The van der Waals surface area contributed by atoms with Crippen LogP contribution >= 0.6 is 0 Å². The summed E-state index contributed by atoms with van der Waals surface area (Å²) in [6.45, 7) is 4.09. The quantitative estimate of drug-likeness (QED) is 0.558. The maximum Gasteiger partial charge on any atom is 0.269 e. The van der Waals surface area contributed by atoms with E-state index in [0.717, 1.165) is 37.4 Å². The van der Waals surface area contributed by atoms with Crippen molar-refractivity contribution in [3.05, 3.63) is 52.3 Å². The van der Waals surface area contributed by atoms with E-state index in [2.05, 4.69) is 14.9 Å². The predicted octanol–water partition coefficient (Wildman–Crippen LogP) is 1.11. The van der Waals surface area contributed by atoms with Gasteiger partial charge in [-0.25, -0.2) is 0 Å². The van der Waals surface area contributed by atoms with Gasteiger partial charge in [0, 0.05) is 76.4 Å². The lowest BCUT2D eigenvalue weighted by Gasteiger charge is -2.36. The maximum absolute atomic E-state index is 12.5.